The predicted molar refractivity (Wildman–Crippen MR) is 104 cm³/mol. The van der Waals surface area contributed by atoms with E-state index in [1.165, 1.54) is 0 Å². The molecular formula is C21H22N4O2. The van der Waals surface area contributed by atoms with Crippen LogP contribution in [0.5, 0.6) is 0 Å². The minimum absolute atomic E-state index is 0.206. The Hall–Kier alpha value is -3.15. The Morgan fingerprint density at radius 3 is 2.74 bits per heavy atom. The number of amides is 1. The third-order valence-electron chi connectivity index (χ3n) is 4.84. The first-order valence-electron chi connectivity index (χ1n) is 9.21. The third kappa shape index (κ3) is 3.30. The summed E-state index contributed by atoms with van der Waals surface area (Å²) in [5, 5.41) is 7.02. The quantitative estimate of drug-likeness (QED) is 0.751. The van der Waals surface area contributed by atoms with Gasteiger partial charge in [0.25, 0.3) is 5.91 Å². The van der Waals surface area contributed by atoms with Crippen molar-refractivity contribution in [2.24, 2.45) is 5.16 Å². The third-order valence-corrected chi connectivity index (χ3v) is 4.84. The van der Waals surface area contributed by atoms with Crippen LogP contribution < -0.4 is 5.32 Å². The topological polar surface area (TPSA) is 68.5 Å². The van der Waals surface area contributed by atoms with Gasteiger partial charge in [0.05, 0.1) is 17.1 Å². The average Bonchev–Trinajstić information content (AvgIpc) is 3.33. The molecule has 1 aliphatic rings. The number of hydrogen-bond acceptors (Lipinski definition) is 4. The zero-order valence-electron chi connectivity index (χ0n) is 15.4. The molecule has 1 aromatic heterocycles. The molecule has 0 aliphatic carbocycles. The first kappa shape index (κ1) is 17.3. The lowest BCUT2D eigenvalue weighted by molar-refractivity contribution is -0.115. The molecule has 0 saturated heterocycles. The largest absolute Gasteiger partial charge is 0.387 e. The summed E-state index contributed by atoms with van der Waals surface area (Å²) in [4.78, 5) is 22.8. The van der Waals surface area contributed by atoms with E-state index in [4.69, 9.17) is 9.82 Å². The number of nitrogens with one attached hydrogen (secondary N) is 1. The maximum absolute atomic E-state index is 12.7. The number of aryl methyl sites for hydroxylation is 1. The van der Waals surface area contributed by atoms with Gasteiger partial charge in [0.15, 0.2) is 6.10 Å². The van der Waals surface area contributed by atoms with Crippen LogP contribution >= 0.6 is 0 Å². The molecule has 3 aromatic rings. The van der Waals surface area contributed by atoms with E-state index >= 15 is 0 Å². The standard InChI is InChI=1S/C21H22N4O2/c1-3-25-18-12-8-7-11-16(18)23-20(25)14(2)22-21(26)17-13-19(27-24-17)15-9-5-4-6-10-15/h4-12,14,19H,3,13H2,1-2H3,(H,22,26)/t14-,19-/m0/s1. The van der Waals surface area contributed by atoms with Gasteiger partial charge in [-0.15, -0.1) is 0 Å². The molecule has 2 heterocycles. The molecule has 6 nitrogen and oxygen atoms in total. The SMILES string of the molecule is CCn1c([C@H](C)NC(=O)C2=NO[C@H](c3ccccc3)C2)nc2ccccc21. The summed E-state index contributed by atoms with van der Waals surface area (Å²) in [5.74, 6) is 0.627. The fourth-order valence-electron chi connectivity index (χ4n) is 3.46. The van der Waals surface area contributed by atoms with Gasteiger partial charge in [-0.25, -0.2) is 4.98 Å². The first-order valence-corrected chi connectivity index (χ1v) is 9.21. The number of rotatable bonds is 5. The average molecular weight is 362 g/mol. The van der Waals surface area contributed by atoms with Gasteiger partial charge < -0.3 is 14.7 Å². The van der Waals surface area contributed by atoms with Crippen LogP contribution in [-0.4, -0.2) is 21.2 Å². The number of benzene rings is 2. The summed E-state index contributed by atoms with van der Waals surface area (Å²) in [6, 6.07) is 17.6. The number of hydrogen-bond donors (Lipinski definition) is 1. The highest BCUT2D eigenvalue weighted by Crippen LogP contribution is 2.27. The molecule has 2 atom stereocenters. The van der Waals surface area contributed by atoms with Gasteiger partial charge in [-0.1, -0.05) is 47.6 Å². The van der Waals surface area contributed by atoms with Crippen molar-refractivity contribution in [2.75, 3.05) is 0 Å². The van der Waals surface area contributed by atoms with Crippen LogP contribution in [-0.2, 0) is 16.2 Å². The van der Waals surface area contributed by atoms with Crippen molar-refractivity contribution in [3.8, 4) is 0 Å². The maximum atomic E-state index is 12.7. The van der Waals surface area contributed by atoms with Crippen LogP contribution in [0.2, 0.25) is 0 Å². The highest BCUT2D eigenvalue weighted by molar-refractivity contribution is 6.39. The van der Waals surface area contributed by atoms with Crippen molar-refractivity contribution in [2.45, 2.75) is 39.0 Å². The summed E-state index contributed by atoms with van der Waals surface area (Å²) in [5.41, 5.74) is 3.43. The number of para-hydroxylation sites is 2. The Balaban J connectivity index is 1.47. The van der Waals surface area contributed by atoms with Gasteiger partial charge in [0.1, 0.15) is 11.5 Å². The van der Waals surface area contributed by atoms with E-state index in [0.29, 0.717) is 12.1 Å². The summed E-state index contributed by atoms with van der Waals surface area (Å²) in [6.45, 7) is 4.80. The first-order chi connectivity index (χ1) is 13.2. The molecule has 1 amide bonds. The second-order valence-electron chi connectivity index (χ2n) is 6.64. The molecule has 0 fully saturated rings. The number of carbonyl (C=O) groups excluding carboxylic acids is 1. The van der Waals surface area contributed by atoms with Crippen molar-refractivity contribution in [3.63, 3.8) is 0 Å². The smallest absolute Gasteiger partial charge is 0.269 e. The van der Waals surface area contributed by atoms with Crippen LogP contribution in [0.3, 0.4) is 0 Å². The van der Waals surface area contributed by atoms with Gasteiger partial charge in [-0.3, -0.25) is 4.79 Å². The molecule has 0 radical (unpaired) electrons. The second-order valence-corrected chi connectivity index (χ2v) is 6.64. The second kappa shape index (κ2) is 7.23. The van der Waals surface area contributed by atoms with Gasteiger partial charge >= 0.3 is 0 Å². The Kier molecular flexibility index (Phi) is 4.62. The Morgan fingerprint density at radius 2 is 1.96 bits per heavy atom. The summed E-state index contributed by atoms with van der Waals surface area (Å²) >= 11 is 0. The lowest BCUT2D eigenvalue weighted by Gasteiger charge is -2.15. The minimum atomic E-state index is -0.233. The molecule has 0 bridgehead atoms. The highest BCUT2D eigenvalue weighted by Gasteiger charge is 2.28. The Labute approximate surface area is 157 Å². The monoisotopic (exact) mass is 362 g/mol. The van der Waals surface area contributed by atoms with Crippen LogP contribution in [0.1, 0.15) is 43.8 Å². The van der Waals surface area contributed by atoms with Crippen LogP contribution in [0.25, 0.3) is 11.0 Å². The van der Waals surface area contributed by atoms with Crippen LogP contribution in [0, 0.1) is 0 Å². The van der Waals surface area contributed by atoms with Crippen molar-refractivity contribution < 1.29 is 9.63 Å². The van der Waals surface area contributed by atoms with E-state index in [9.17, 15) is 4.79 Å². The summed E-state index contributed by atoms with van der Waals surface area (Å²) in [7, 11) is 0. The lowest BCUT2D eigenvalue weighted by Crippen LogP contribution is -2.33. The molecule has 27 heavy (non-hydrogen) atoms. The number of imidazole rings is 1. The minimum Gasteiger partial charge on any atom is -0.387 e. The van der Waals surface area contributed by atoms with E-state index in [2.05, 4.69) is 22.0 Å². The fraction of sp³-hybridized carbons (Fsp3) is 0.286. The molecule has 1 N–H and O–H groups in total. The van der Waals surface area contributed by atoms with Gasteiger partial charge in [0.2, 0.25) is 0 Å². The molecule has 2 aromatic carbocycles. The van der Waals surface area contributed by atoms with Crippen molar-refractivity contribution in [1.82, 2.24) is 14.9 Å². The molecule has 0 spiro atoms. The fourth-order valence-corrected chi connectivity index (χ4v) is 3.46. The van der Waals surface area contributed by atoms with Crippen molar-refractivity contribution >= 4 is 22.7 Å². The zero-order chi connectivity index (χ0) is 18.8. The molecule has 1 aliphatic heterocycles. The number of nitrogens with zero attached hydrogens (tertiary/aromatic N) is 3. The Bertz CT molecular complexity index is 994. The van der Waals surface area contributed by atoms with E-state index in [1.807, 2.05) is 61.5 Å². The van der Waals surface area contributed by atoms with Gasteiger partial charge in [0, 0.05) is 13.0 Å². The number of fused-ring (bicyclic) bond motifs is 1. The summed E-state index contributed by atoms with van der Waals surface area (Å²) in [6.07, 6.45) is 0.259. The molecule has 0 saturated carbocycles. The maximum Gasteiger partial charge on any atom is 0.269 e. The molecule has 6 heteroatoms. The lowest BCUT2D eigenvalue weighted by atomic mass is 10.0. The van der Waals surface area contributed by atoms with Crippen molar-refractivity contribution in [1.29, 1.82) is 0 Å². The van der Waals surface area contributed by atoms with Crippen LogP contribution in [0.15, 0.2) is 59.8 Å². The number of aromatic nitrogens is 2. The van der Waals surface area contributed by atoms with Gasteiger partial charge in [-0.05, 0) is 31.5 Å². The normalized spacial score (nSPS) is 17.4. The van der Waals surface area contributed by atoms with E-state index in [0.717, 1.165) is 29.0 Å². The van der Waals surface area contributed by atoms with Gasteiger partial charge in [-0.2, -0.15) is 0 Å². The van der Waals surface area contributed by atoms with Crippen molar-refractivity contribution in [3.05, 3.63) is 66.0 Å². The predicted octanol–water partition coefficient (Wildman–Crippen LogP) is 3.75. The van der Waals surface area contributed by atoms with E-state index < -0.39 is 0 Å². The molecular weight excluding hydrogens is 340 g/mol. The Morgan fingerprint density at radius 1 is 1.22 bits per heavy atom. The van der Waals surface area contributed by atoms with E-state index in [1.54, 1.807) is 0 Å². The molecule has 0 unspecified atom stereocenters. The molecule has 138 valence electrons. The number of oxime groups is 1. The van der Waals surface area contributed by atoms with Crippen LogP contribution in [0.4, 0.5) is 0 Å². The zero-order valence-corrected chi connectivity index (χ0v) is 15.4. The number of carbonyl (C=O) groups is 1. The van der Waals surface area contributed by atoms with E-state index in [-0.39, 0.29) is 18.1 Å². The highest BCUT2D eigenvalue weighted by atomic mass is 16.6. The molecule has 4 rings (SSSR count). The summed E-state index contributed by atoms with van der Waals surface area (Å²) < 4.78 is 2.13.